The van der Waals surface area contributed by atoms with Crippen LogP contribution in [0.3, 0.4) is 0 Å². The van der Waals surface area contributed by atoms with Crippen LogP contribution in [0.5, 0.6) is 11.5 Å². The molecule has 5 amide bonds. The normalized spacial score (nSPS) is 19.6. The number of aromatic nitrogens is 2. The molecule has 4 heterocycles. The second kappa shape index (κ2) is 15.8. The van der Waals surface area contributed by atoms with Gasteiger partial charge in [-0.25, -0.2) is 9.97 Å². The largest absolute Gasteiger partial charge is 0.492 e. The van der Waals surface area contributed by atoms with Crippen molar-refractivity contribution in [2.75, 3.05) is 43.9 Å². The van der Waals surface area contributed by atoms with Gasteiger partial charge in [0.2, 0.25) is 11.8 Å². The van der Waals surface area contributed by atoms with E-state index in [1.807, 2.05) is 0 Å². The first-order valence-corrected chi connectivity index (χ1v) is 18.0. The first kappa shape index (κ1) is 36.2. The number of nitrogens with one attached hydrogen (secondary N) is 2. The summed E-state index contributed by atoms with van der Waals surface area (Å²) in [5.41, 5.74) is 14.3. The van der Waals surface area contributed by atoms with Gasteiger partial charge in [-0.1, -0.05) is 0 Å². The van der Waals surface area contributed by atoms with E-state index in [0.717, 1.165) is 43.7 Å². The van der Waals surface area contributed by atoms with Crippen molar-refractivity contribution < 1.29 is 33.4 Å². The monoisotopic (exact) mass is 735 g/mol. The van der Waals surface area contributed by atoms with E-state index in [0.29, 0.717) is 54.1 Å². The summed E-state index contributed by atoms with van der Waals surface area (Å²) in [6.45, 7) is 3.13. The number of rotatable bonds is 13. The van der Waals surface area contributed by atoms with Crippen LogP contribution < -0.4 is 31.6 Å². The van der Waals surface area contributed by atoms with Gasteiger partial charge in [-0.3, -0.25) is 44.1 Å². The second-order valence-electron chi connectivity index (χ2n) is 13.7. The topological polar surface area (TPSA) is 225 Å². The van der Waals surface area contributed by atoms with Gasteiger partial charge in [0, 0.05) is 68.2 Å². The molecule has 2 saturated heterocycles. The SMILES string of the molecule is N/C=C(/C(=O)Nc1cc(C=NC2CCN(CCOc3ccc4c(c3)C(=O)N(C3CCC(=O)NC3=O)C4=O)CC2)c(N)cc1OCC1CC1)c1ncccn1. The maximum atomic E-state index is 13.3. The molecule has 0 spiro atoms. The number of hydrogen-bond acceptors (Lipinski definition) is 13. The number of carbonyl (C=O) groups excluding carboxylic acids is 5. The zero-order valence-corrected chi connectivity index (χ0v) is 29.5. The number of imide groups is 2. The molecule has 7 rings (SSSR count). The molecule has 16 nitrogen and oxygen atoms in total. The van der Waals surface area contributed by atoms with Crippen LogP contribution in [0.4, 0.5) is 11.4 Å². The number of nitrogen functional groups attached to an aromatic ring is 1. The maximum absolute atomic E-state index is 13.3. The molecular formula is C38H41N9O7. The molecule has 1 aliphatic carbocycles. The van der Waals surface area contributed by atoms with Crippen molar-refractivity contribution in [1.82, 2.24) is 25.1 Å². The van der Waals surface area contributed by atoms with Crippen LogP contribution in [0, 0.1) is 5.92 Å². The lowest BCUT2D eigenvalue weighted by Crippen LogP contribution is -2.54. The Morgan fingerprint density at radius 1 is 0.981 bits per heavy atom. The molecule has 1 atom stereocenters. The van der Waals surface area contributed by atoms with E-state index in [9.17, 15) is 24.0 Å². The van der Waals surface area contributed by atoms with E-state index in [4.69, 9.17) is 25.9 Å². The van der Waals surface area contributed by atoms with Gasteiger partial charge in [0.1, 0.15) is 24.1 Å². The highest BCUT2D eigenvalue weighted by atomic mass is 16.5. The Kier molecular flexibility index (Phi) is 10.6. The van der Waals surface area contributed by atoms with Crippen molar-refractivity contribution >= 4 is 52.7 Å². The van der Waals surface area contributed by atoms with Crippen molar-refractivity contribution in [2.24, 2.45) is 16.6 Å². The molecule has 280 valence electrons. The minimum Gasteiger partial charge on any atom is -0.492 e. The van der Waals surface area contributed by atoms with E-state index in [-0.39, 0.29) is 41.4 Å². The first-order chi connectivity index (χ1) is 26.2. The number of hydrogen-bond donors (Lipinski definition) is 4. The average molecular weight is 736 g/mol. The zero-order valence-electron chi connectivity index (χ0n) is 29.5. The van der Waals surface area contributed by atoms with Crippen LogP contribution in [-0.4, -0.2) is 100 Å². The fraction of sp³-hybridized carbons (Fsp3) is 0.368. The quantitative estimate of drug-likeness (QED) is 0.0858. The van der Waals surface area contributed by atoms with Crippen LogP contribution in [-0.2, 0) is 14.4 Å². The third kappa shape index (κ3) is 8.07. The summed E-state index contributed by atoms with van der Waals surface area (Å²) in [6.07, 6.45) is 9.97. The van der Waals surface area contributed by atoms with E-state index in [1.54, 1.807) is 30.5 Å². The second-order valence-corrected chi connectivity index (χ2v) is 13.7. The highest BCUT2D eigenvalue weighted by molar-refractivity contribution is 6.25. The van der Waals surface area contributed by atoms with Gasteiger partial charge in [0.05, 0.1) is 35.0 Å². The number of aliphatic imine (C=N–C) groups is 1. The van der Waals surface area contributed by atoms with Gasteiger partial charge in [-0.2, -0.15) is 0 Å². The van der Waals surface area contributed by atoms with Crippen molar-refractivity contribution in [3.05, 3.63) is 77.5 Å². The molecule has 6 N–H and O–H groups in total. The smallest absolute Gasteiger partial charge is 0.262 e. The molecule has 2 aromatic carbocycles. The minimum absolute atomic E-state index is 0.0590. The number of carbonyl (C=O) groups is 5. The van der Waals surface area contributed by atoms with Gasteiger partial charge in [0.15, 0.2) is 5.82 Å². The van der Waals surface area contributed by atoms with E-state index < -0.39 is 35.6 Å². The number of amides is 5. The Bertz CT molecular complexity index is 2020. The van der Waals surface area contributed by atoms with E-state index in [2.05, 4.69) is 25.5 Å². The highest BCUT2D eigenvalue weighted by Gasteiger charge is 2.44. The molecule has 4 aliphatic rings. The van der Waals surface area contributed by atoms with Crippen LogP contribution >= 0.6 is 0 Å². The molecule has 3 aliphatic heterocycles. The summed E-state index contributed by atoms with van der Waals surface area (Å²) < 4.78 is 12.0. The standard InChI is InChI=1S/C38H41N9O7/c39-19-28(34-41-10-1-11-42-34)35(49)44-30-16-23(29(40)18-32(30)54-21-22-2-3-22)20-43-24-8-12-46(13-9-24)14-15-53-25-4-5-26-27(17-25)38(52)47(37(26)51)31-6-7-33(48)45-36(31)50/h1,4-5,10-11,16-20,22,24,31H,2-3,6-9,12-15,21,39-40H2,(H,44,49)(H,45,48,50)/b28-19+,43-20?. The van der Waals surface area contributed by atoms with E-state index >= 15 is 0 Å². The average Bonchev–Trinajstić information content (AvgIpc) is 3.97. The lowest BCUT2D eigenvalue weighted by atomic mass is 10.0. The number of nitrogens with two attached hydrogens (primary N) is 2. The molecular weight excluding hydrogens is 694 g/mol. The molecule has 3 aromatic rings. The summed E-state index contributed by atoms with van der Waals surface area (Å²) in [4.78, 5) is 79.6. The van der Waals surface area contributed by atoms with Crippen molar-refractivity contribution in [1.29, 1.82) is 0 Å². The number of benzene rings is 2. The Morgan fingerprint density at radius 3 is 2.46 bits per heavy atom. The molecule has 1 saturated carbocycles. The number of fused-ring (bicyclic) bond motifs is 1. The lowest BCUT2D eigenvalue weighted by Gasteiger charge is -2.30. The van der Waals surface area contributed by atoms with Crippen LogP contribution in [0.1, 0.15) is 70.6 Å². The van der Waals surface area contributed by atoms with Gasteiger partial charge in [0.25, 0.3) is 17.7 Å². The summed E-state index contributed by atoms with van der Waals surface area (Å²) in [5.74, 6) is -1.10. The molecule has 0 radical (unpaired) electrons. The molecule has 3 fully saturated rings. The molecule has 16 heteroatoms. The van der Waals surface area contributed by atoms with Crippen molar-refractivity contribution in [3.8, 4) is 11.5 Å². The highest BCUT2D eigenvalue weighted by Crippen LogP contribution is 2.35. The molecule has 1 unspecified atom stereocenters. The first-order valence-electron chi connectivity index (χ1n) is 18.0. The minimum atomic E-state index is -1.02. The Balaban J connectivity index is 0.922. The van der Waals surface area contributed by atoms with Crippen LogP contribution in [0.2, 0.25) is 0 Å². The Labute approximate surface area is 311 Å². The fourth-order valence-electron chi connectivity index (χ4n) is 6.62. The third-order valence-corrected chi connectivity index (χ3v) is 9.89. The van der Waals surface area contributed by atoms with Gasteiger partial charge in [-0.15, -0.1) is 0 Å². The number of nitrogens with zero attached hydrogens (tertiary/aromatic N) is 5. The summed E-state index contributed by atoms with van der Waals surface area (Å²) in [5, 5.41) is 5.09. The lowest BCUT2D eigenvalue weighted by molar-refractivity contribution is -0.136. The van der Waals surface area contributed by atoms with Gasteiger partial charge >= 0.3 is 0 Å². The fourth-order valence-corrected chi connectivity index (χ4v) is 6.62. The third-order valence-electron chi connectivity index (χ3n) is 9.89. The Hall–Kier alpha value is -6.16. The van der Waals surface area contributed by atoms with Crippen molar-refractivity contribution in [3.63, 3.8) is 0 Å². The molecule has 54 heavy (non-hydrogen) atoms. The maximum Gasteiger partial charge on any atom is 0.262 e. The Morgan fingerprint density at radius 2 is 1.74 bits per heavy atom. The number of piperidine rings is 2. The number of anilines is 2. The van der Waals surface area contributed by atoms with Crippen LogP contribution in [0.15, 0.2) is 60.0 Å². The number of ether oxygens (including phenoxy) is 2. The molecule has 1 aromatic heterocycles. The summed E-state index contributed by atoms with van der Waals surface area (Å²) in [6, 6.07) is 8.86. The predicted octanol–water partition coefficient (Wildman–Crippen LogP) is 2.15. The van der Waals surface area contributed by atoms with E-state index in [1.165, 1.54) is 30.7 Å². The predicted molar refractivity (Wildman–Crippen MR) is 198 cm³/mol. The van der Waals surface area contributed by atoms with Crippen LogP contribution in [0.25, 0.3) is 5.57 Å². The van der Waals surface area contributed by atoms with Crippen molar-refractivity contribution in [2.45, 2.75) is 50.6 Å². The summed E-state index contributed by atoms with van der Waals surface area (Å²) in [7, 11) is 0. The zero-order chi connectivity index (χ0) is 37.8. The summed E-state index contributed by atoms with van der Waals surface area (Å²) >= 11 is 0. The van der Waals surface area contributed by atoms with Gasteiger partial charge in [-0.05, 0) is 68.4 Å². The number of likely N-dealkylation sites (tertiary alicyclic amines) is 1. The van der Waals surface area contributed by atoms with Gasteiger partial charge < -0.3 is 26.3 Å². The molecule has 0 bridgehead atoms.